The highest BCUT2D eigenvalue weighted by Crippen LogP contribution is 2.15. The Morgan fingerprint density at radius 3 is 1.22 bits per heavy atom. The van der Waals surface area contributed by atoms with Gasteiger partial charge >= 0.3 is 17.9 Å². The monoisotopic (exact) mass is 771 g/mol. The molecule has 0 saturated heterocycles. The van der Waals surface area contributed by atoms with Crippen LogP contribution in [0.3, 0.4) is 0 Å². The van der Waals surface area contributed by atoms with Crippen molar-refractivity contribution in [2.75, 3.05) is 13.2 Å². The van der Waals surface area contributed by atoms with Crippen LogP contribution in [0.15, 0.2) is 48.6 Å². The van der Waals surface area contributed by atoms with Crippen LogP contribution in [0.5, 0.6) is 0 Å². The predicted octanol–water partition coefficient (Wildman–Crippen LogP) is 14.8. The van der Waals surface area contributed by atoms with Gasteiger partial charge in [0.2, 0.25) is 0 Å². The van der Waals surface area contributed by atoms with Crippen LogP contribution in [0, 0.1) is 0 Å². The van der Waals surface area contributed by atoms with E-state index in [1.165, 1.54) is 89.9 Å². The van der Waals surface area contributed by atoms with E-state index < -0.39 is 6.10 Å². The van der Waals surface area contributed by atoms with Gasteiger partial charge in [-0.1, -0.05) is 185 Å². The van der Waals surface area contributed by atoms with Crippen molar-refractivity contribution in [1.82, 2.24) is 0 Å². The Labute approximate surface area is 339 Å². The molecule has 0 rings (SSSR count). The van der Waals surface area contributed by atoms with Gasteiger partial charge in [-0.2, -0.15) is 0 Å². The molecular weight excluding hydrogens is 685 g/mol. The average Bonchev–Trinajstić information content (AvgIpc) is 3.18. The Kier molecular flexibility index (Phi) is 42.0. The highest BCUT2D eigenvalue weighted by Gasteiger charge is 2.19. The maximum absolute atomic E-state index is 12.7. The van der Waals surface area contributed by atoms with Crippen molar-refractivity contribution in [3.63, 3.8) is 0 Å². The average molecular weight is 771 g/mol. The van der Waals surface area contributed by atoms with E-state index >= 15 is 0 Å². The van der Waals surface area contributed by atoms with Crippen LogP contribution >= 0.6 is 0 Å². The molecule has 0 fully saturated rings. The summed E-state index contributed by atoms with van der Waals surface area (Å²) in [6, 6.07) is 0. The van der Waals surface area contributed by atoms with E-state index in [2.05, 4.69) is 69.4 Å². The number of allylic oxidation sites excluding steroid dienone is 8. The normalized spacial score (nSPS) is 12.4. The van der Waals surface area contributed by atoms with Gasteiger partial charge in [0.15, 0.2) is 6.10 Å². The molecule has 0 aromatic heterocycles. The molecule has 318 valence electrons. The Bertz CT molecular complexity index is 980. The Morgan fingerprint density at radius 2 is 0.745 bits per heavy atom. The summed E-state index contributed by atoms with van der Waals surface area (Å²) < 4.78 is 16.7. The lowest BCUT2D eigenvalue weighted by Crippen LogP contribution is -2.30. The van der Waals surface area contributed by atoms with Gasteiger partial charge in [-0.25, -0.2) is 0 Å². The lowest BCUT2D eigenvalue weighted by molar-refractivity contribution is -0.167. The quantitative estimate of drug-likeness (QED) is 0.0267. The van der Waals surface area contributed by atoms with E-state index in [1.54, 1.807) is 0 Å². The van der Waals surface area contributed by atoms with Gasteiger partial charge in [0.1, 0.15) is 13.2 Å². The summed E-state index contributed by atoms with van der Waals surface area (Å²) in [5.74, 6) is -0.926. The van der Waals surface area contributed by atoms with Gasteiger partial charge in [-0.05, 0) is 70.6 Å². The summed E-state index contributed by atoms with van der Waals surface area (Å²) in [4.78, 5) is 37.7. The molecule has 55 heavy (non-hydrogen) atoms. The number of unbranched alkanes of at least 4 members (excludes halogenated alkanes) is 22. The molecule has 0 spiro atoms. The minimum Gasteiger partial charge on any atom is -0.462 e. The van der Waals surface area contributed by atoms with E-state index in [0.29, 0.717) is 19.3 Å². The summed E-state index contributed by atoms with van der Waals surface area (Å²) in [5.41, 5.74) is 0. The summed E-state index contributed by atoms with van der Waals surface area (Å²) in [6.45, 7) is 6.42. The number of hydrogen-bond donors (Lipinski definition) is 0. The lowest BCUT2D eigenvalue weighted by Gasteiger charge is -2.18. The molecule has 1 atom stereocenters. The molecule has 0 heterocycles. The summed E-state index contributed by atoms with van der Waals surface area (Å²) in [5, 5.41) is 0. The standard InChI is InChI=1S/C49H86O6/c1-4-7-10-13-16-19-22-24-26-27-30-33-36-39-42-48(51)54-45-46(44-53-47(50)41-38-35-32-29-21-18-15-12-9-6-3)55-49(52)43-40-37-34-31-28-25-23-20-17-14-11-8-5-2/h8,11-12,15,17,20,25,28,46H,4-7,9-10,13-14,16,18-19,21-24,26-27,29-45H2,1-3H3/b11-8-,15-12-,20-17-,28-25-. The molecule has 0 aliphatic carbocycles. The van der Waals surface area contributed by atoms with Crippen molar-refractivity contribution in [3.8, 4) is 0 Å². The molecule has 0 aliphatic rings. The Morgan fingerprint density at radius 1 is 0.382 bits per heavy atom. The highest BCUT2D eigenvalue weighted by atomic mass is 16.6. The summed E-state index contributed by atoms with van der Waals surface area (Å²) in [7, 11) is 0. The van der Waals surface area contributed by atoms with Crippen LogP contribution in [0.4, 0.5) is 0 Å². The van der Waals surface area contributed by atoms with Crippen LogP contribution in [0.25, 0.3) is 0 Å². The maximum atomic E-state index is 12.7. The van der Waals surface area contributed by atoms with Gasteiger partial charge < -0.3 is 14.2 Å². The molecular formula is C49H86O6. The van der Waals surface area contributed by atoms with Crippen LogP contribution in [0.2, 0.25) is 0 Å². The number of esters is 3. The molecule has 0 N–H and O–H groups in total. The topological polar surface area (TPSA) is 78.9 Å². The molecule has 0 amide bonds. The second kappa shape index (κ2) is 44.1. The van der Waals surface area contributed by atoms with Crippen LogP contribution in [-0.2, 0) is 28.6 Å². The van der Waals surface area contributed by atoms with Gasteiger partial charge in [-0.3, -0.25) is 14.4 Å². The molecule has 0 aromatic rings. The maximum Gasteiger partial charge on any atom is 0.306 e. The number of hydrogen-bond acceptors (Lipinski definition) is 6. The summed E-state index contributed by atoms with van der Waals surface area (Å²) in [6.07, 6.45) is 51.0. The van der Waals surface area contributed by atoms with E-state index in [9.17, 15) is 14.4 Å². The van der Waals surface area contributed by atoms with Crippen molar-refractivity contribution in [2.45, 2.75) is 232 Å². The molecule has 6 nitrogen and oxygen atoms in total. The molecule has 1 unspecified atom stereocenters. The van der Waals surface area contributed by atoms with Crippen molar-refractivity contribution in [2.24, 2.45) is 0 Å². The molecule has 6 heteroatoms. The smallest absolute Gasteiger partial charge is 0.306 e. The van der Waals surface area contributed by atoms with Gasteiger partial charge in [0.05, 0.1) is 0 Å². The van der Waals surface area contributed by atoms with Gasteiger partial charge in [0, 0.05) is 19.3 Å². The SMILES string of the molecule is CC/C=C\C/C=C\C/C=C\CCCCCC(=O)OC(COC(=O)CCCCCCC/C=C\CCC)COC(=O)CCCCCCCCCCCCCCCC. The second-order valence-electron chi connectivity index (χ2n) is 15.3. The third kappa shape index (κ3) is 42.4. The number of carbonyl (C=O) groups is 3. The Hall–Kier alpha value is -2.63. The van der Waals surface area contributed by atoms with Crippen LogP contribution in [-0.4, -0.2) is 37.2 Å². The fraction of sp³-hybridized carbons (Fsp3) is 0.776. The number of rotatable bonds is 41. The zero-order valence-corrected chi connectivity index (χ0v) is 36.2. The van der Waals surface area contributed by atoms with Crippen molar-refractivity contribution in [1.29, 1.82) is 0 Å². The van der Waals surface area contributed by atoms with Crippen LogP contribution in [0.1, 0.15) is 226 Å². The van der Waals surface area contributed by atoms with Crippen molar-refractivity contribution < 1.29 is 28.6 Å². The largest absolute Gasteiger partial charge is 0.462 e. The molecule has 0 aliphatic heterocycles. The number of carbonyl (C=O) groups excluding carboxylic acids is 3. The molecule has 0 aromatic carbocycles. The van der Waals surface area contributed by atoms with Gasteiger partial charge in [-0.15, -0.1) is 0 Å². The zero-order chi connectivity index (χ0) is 40.1. The van der Waals surface area contributed by atoms with Crippen molar-refractivity contribution >= 4 is 17.9 Å². The predicted molar refractivity (Wildman–Crippen MR) is 233 cm³/mol. The first kappa shape index (κ1) is 52.4. The minimum absolute atomic E-state index is 0.0860. The fourth-order valence-corrected chi connectivity index (χ4v) is 6.34. The highest BCUT2D eigenvalue weighted by molar-refractivity contribution is 5.71. The number of ether oxygens (including phenoxy) is 3. The van der Waals surface area contributed by atoms with E-state index in [1.807, 2.05) is 0 Å². The van der Waals surface area contributed by atoms with Crippen LogP contribution < -0.4 is 0 Å². The minimum atomic E-state index is -0.786. The third-order valence-electron chi connectivity index (χ3n) is 9.80. The van der Waals surface area contributed by atoms with E-state index in [-0.39, 0.29) is 31.1 Å². The van der Waals surface area contributed by atoms with E-state index in [4.69, 9.17) is 14.2 Å². The molecule has 0 radical (unpaired) electrons. The first-order valence-corrected chi connectivity index (χ1v) is 23.1. The molecule has 0 bridgehead atoms. The first-order valence-electron chi connectivity index (χ1n) is 23.1. The molecule has 0 saturated carbocycles. The fourth-order valence-electron chi connectivity index (χ4n) is 6.34. The Balaban J connectivity index is 4.40. The lowest BCUT2D eigenvalue weighted by atomic mass is 10.0. The third-order valence-corrected chi connectivity index (χ3v) is 9.80. The van der Waals surface area contributed by atoms with Crippen molar-refractivity contribution in [3.05, 3.63) is 48.6 Å². The second-order valence-corrected chi connectivity index (χ2v) is 15.3. The van der Waals surface area contributed by atoms with E-state index in [0.717, 1.165) is 96.3 Å². The zero-order valence-electron chi connectivity index (χ0n) is 36.2. The van der Waals surface area contributed by atoms with Gasteiger partial charge in [0.25, 0.3) is 0 Å². The summed E-state index contributed by atoms with van der Waals surface area (Å²) >= 11 is 0. The first-order chi connectivity index (χ1) is 27.0.